The van der Waals surface area contributed by atoms with Crippen LogP contribution >= 0.6 is 27.3 Å². The van der Waals surface area contributed by atoms with E-state index in [0.29, 0.717) is 6.54 Å². The predicted molar refractivity (Wildman–Crippen MR) is 95.3 cm³/mol. The molecule has 114 valence electrons. The summed E-state index contributed by atoms with van der Waals surface area (Å²) in [4.78, 5) is 17.8. The van der Waals surface area contributed by atoms with Gasteiger partial charge in [0.15, 0.2) is 5.78 Å². The van der Waals surface area contributed by atoms with Gasteiger partial charge in [-0.2, -0.15) is 0 Å². The number of nitrogens with one attached hydrogen (secondary N) is 1. The van der Waals surface area contributed by atoms with Crippen LogP contribution in [0.4, 0.5) is 5.95 Å². The van der Waals surface area contributed by atoms with Crippen molar-refractivity contribution in [3.63, 3.8) is 0 Å². The van der Waals surface area contributed by atoms with Crippen LogP contribution in [0.3, 0.4) is 0 Å². The molecule has 2 heterocycles. The minimum atomic E-state index is 0.113. The predicted octanol–water partition coefficient (Wildman–Crippen LogP) is 4.18. The molecular formula is C16H16BrN3OS. The fraction of sp³-hybridized carbons (Fsp3) is 0.250. The molecule has 22 heavy (non-hydrogen) atoms. The fourth-order valence-corrected chi connectivity index (χ4v) is 3.23. The van der Waals surface area contributed by atoms with Gasteiger partial charge in [-0.05, 0) is 30.0 Å². The van der Waals surface area contributed by atoms with E-state index in [9.17, 15) is 4.79 Å². The molecule has 0 amide bonds. The molecule has 0 aliphatic rings. The van der Waals surface area contributed by atoms with Gasteiger partial charge in [-0.3, -0.25) is 4.79 Å². The molecule has 4 nitrogen and oxygen atoms in total. The Balaban J connectivity index is 1.91. The van der Waals surface area contributed by atoms with Crippen molar-refractivity contribution in [1.29, 1.82) is 0 Å². The number of benzene rings is 1. The monoisotopic (exact) mass is 377 g/mol. The number of rotatable bonds is 7. The Morgan fingerprint density at radius 1 is 1.27 bits per heavy atom. The van der Waals surface area contributed by atoms with Gasteiger partial charge in [-0.25, -0.2) is 4.98 Å². The number of carbonyl (C=O) groups is 1. The van der Waals surface area contributed by atoms with Crippen LogP contribution in [0.15, 0.2) is 41.8 Å². The van der Waals surface area contributed by atoms with E-state index in [1.54, 1.807) is 0 Å². The number of ketones is 1. The Morgan fingerprint density at radius 3 is 2.91 bits per heavy atom. The summed E-state index contributed by atoms with van der Waals surface area (Å²) in [7, 11) is 0. The third-order valence-electron chi connectivity index (χ3n) is 3.35. The molecule has 0 unspecified atom stereocenters. The molecule has 2 aromatic heterocycles. The molecule has 0 radical (unpaired) electrons. The van der Waals surface area contributed by atoms with Gasteiger partial charge >= 0.3 is 0 Å². The maximum atomic E-state index is 12.4. The summed E-state index contributed by atoms with van der Waals surface area (Å²) in [6, 6.07) is 11.7. The van der Waals surface area contributed by atoms with Crippen molar-refractivity contribution in [3.8, 4) is 0 Å². The van der Waals surface area contributed by atoms with Crippen LogP contribution in [0.25, 0.3) is 11.0 Å². The highest BCUT2D eigenvalue weighted by atomic mass is 79.9. The first-order valence-corrected chi connectivity index (χ1v) is 9.11. The van der Waals surface area contributed by atoms with Crippen LogP contribution in [0, 0.1) is 0 Å². The lowest BCUT2D eigenvalue weighted by molar-refractivity contribution is 0.0978. The molecule has 1 aromatic carbocycles. The second-order valence-electron chi connectivity index (χ2n) is 4.88. The van der Waals surface area contributed by atoms with E-state index < -0.39 is 0 Å². The number of imidazole rings is 1. The van der Waals surface area contributed by atoms with Gasteiger partial charge in [0.05, 0.1) is 22.5 Å². The maximum Gasteiger partial charge on any atom is 0.204 e. The average molecular weight is 378 g/mol. The summed E-state index contributed by atoms with van der Waals surface area (Å²) >= 11 is 4.90. The number of anilines is 1. The number of halogens is 1. The molecule has 0 spiro atoms. The third-order valence-corrected chi connectivity index (χ3v) is 4.82. The molecule has 0 aliphatic heterocycles. The Kier molecular flexibility index (Phi) is 4.90. The van der Waals surface area contributed by atoms with Crippen molar-refractivity contribution < 1.29 is 4.79 Å². The lowest BCUT2D eigenvalue weighted by Crippen LogP contribution is -2.14. The van der Waals surface area contributed by atoms with Crippen molar-refractivity contribution in [1.82, 2.24) is 9.55 Å². The zero-order chi connectivity index (χ0) is 15.4. The van der Waals surface area contributed by atoms with Crippen molar-refractivity contribution in [3.05, 3.63) is 46.7 Å². The lowest BCUT2D eigenvalue weighted by atomic mass is 10.3. The number of nitrogens with zero attached hydrogens (tertiary/aromatic N) is 2. The van der Waals surface area contributed by atoms with Gasteiger partial charge < -0.3 is 9.88 Å². The lowest BCUT2D eigenvalue weighted by Gasteiger charge is -2.09. The summed E-state index contributed by atoms with van der Waals surface area (Å²) in [6.45, 7) is 1.12. The molecule has 3 aromatic rings. The van der Waals surface area contributed by atoms with Crippen molar-refractivity contribution >= 4 is 50.0 Å². The summed E-state index contributed by atoms with van der Waals surface area (Å²) in [5.41, 5.74) is 1.89. The molecule has 0 saturated carbocycles. The Hall–Kier alpha value is -1.66. The number of aromatic nitrogens is 2. The van der Waals surface area contributed by atoms with E-state index in [4.69, 9.17) is 0 Å². The standard InChI is InChI=1S/C16H16BrN3OS/c17-8-4-9-18-16-19-12-5-1-2-6-13(12)20(16)11-14(21)15-7-3-10-22-15/h1-3,5-7,10H,4,8-9,11H2,(H,18,19). The summed E-state index contributed by atoms with van der Waals surface area (Å²) in [5, 5.41) is 6.19. The van der Waals surface area contributed by atoms with E-state index in [1.807, 2.05) is 46.3 Å². The third kappa shape index (κ3) is 3.23. The number of carbonyl (C=O) groups excluding carboxylic acids is 1. The van der Waals surface area contributed by atoms with Crippen molar-refractivity contribution in [2.75, 3.05) is 17.2 Å². The minimum absolute atomic E-state index is 0.113. The molecule has 0 aliphatic carbocycles. The van der Waals surface area contributed by atoms with Crippen LogP contribution in [0.1, 0.15) is 16.1 Å². The Labute approximate surface area is 141 Å². The Bertz CT molecular complexity index is 767. The van der Waals surface area contributed by atoms with E-state index in [2.05, 4.69) is 26.2 Å². The van der Waals surface area contributed by atoms with E-state index in [1.165, 1.54) is 11.3 Å². The first-order chi connectivity index (χ1) is 10.8. The van der Waals surface area contributed by atoms with Gasteiger partial charge in [0.25, 0.3) is 0 Å². The number of hydrogen-bond acceptors (Lipinski definition) is 4. The largest absolute Gasteiger partial charge is 0.356 e. The highest BCUT2D eigenvalue weighted by molar-refractivity contribution is 9.09. The normalized spacial score (nSPS) is 11.0. The van der Waals surface area contributed by atoms with Gasteiger partial charge in [0.2, 0.25) is 5.95 Å². The topological polar surface area (TPSA) is 46.9 Å². The molecule has 0 saturated heterocycles. The van der Waals surface area contributed by atoms with Crippen LogP contribution in [0.5, 0.6) is 0 Å². The summed E-state index contributed by atoms with van der Waals surface area (Å²) < 4.78 is 1.96. The van der Waals surface area contributed by atoms with Gasteiger partial charge in [0, 0.05) is 11.9 Å². The summed E-state index contributed by atoms with van der Waals surface area (Å²) in [6.07, 6.45) is 1.00. The molecular weight excluding hydrogens is 362 g/mol. The number of hydrogen-bond donors (Lipinski definition) is 1. The number of fused-ring (bicyclic) bond motifs is 1. The maximum absolute atomic E-state index is 12.4. The average Bonchev–Trinajstić information content (AvgIpc) is 3.16. The van der Waals surface area contributed by atoms with Crippen molar-refractivity contribution in [2.24, 2.45) is 0 Å². The SMILES string of the molecule is O=C(Cn1c(NCCCBr)nc2ccccc21)c1cccs1. The second kappa shape index (κ2) is 7.07. The van der Waals surface area contributed by atoms with E-state index in [0.717, 1.165) is 40.2 Å². The molecule has 6 heteroatoms. The van der Waals surface area contributed by atoms with Crippen LogP contribution in [0.2, 0.25) is 0 Å². The second-order valence-corrected chi connectivity index (χ2v) is 6.62. The van der Waals surface area contributed by atoms with Crippen LogP contribution in [-0.2, 0) is 6.54 Å². The fourth-order valence-electron chi connectivity index (χ4n) is 2.30. The molecule has 0 bridgehead atoms. The summed E-state index contributed by atoms with van der Waals surface area (Å²) in [5.74, 6) is 0.869. The van der Waals surface area contributed by atoms with Gasteiger partial charge in [0.1, 0.15) is 0 Å². The highest BCUT2D eigenvalue weighted by Gasteiger charge is 2.15. The number of para-hydroxylation sites is 2. The van der Waals surface area contributed by atoms with Crippen LogP contribution < -0.4 is 5.32 Å². The highest BCUT2D eigenvalue weighted by Crippen LogP contribution is 2.21. The number of alkyl halides is 1. The van der Waals surface area contributed by atoms with E-state index in [-0.39, 0.29) is 5.78 Å². The quantitative estimate of drug-likeness (QED) is 0.381. The first kappa shape index (κ1) is 15.2. The molecule has 0 atom stereocenters. The smallest absolute Gasteiger partial charge is 0.204 e. The minimum Gasteiger partial charge on any atom is -0.356 e. The molecule has 1 N–H and O–H groups in total. The zero-order valence-corrected chi connectivity index (χ0v) is 14.4. The Morgan fingerprint density at radius 2 is 2.14 bits per heavy atom. The van der Waals surface area contributed by atoms with Crippen LogP contribution in [-0.4, -0.2) is 27.2 Å². The van der Waals surface area contributed by atoms with Gasteiger partial charge in [-0.15, -0.1) is 11.3 Å². The number of Topliss-reactive ketones (excluding diaryl/α,β-unsaturated/α-hetero) is 1. The molecule has 3 rings (SSSR count). The molecule has 0 fully saturated rings. The first-order valence-electron chi connectivity index (χ1n) is 7.11. The van der Waals surface area contributed by atoms with E-state index >= 15 is 0 Å². The number of thiophene rings is 1. The zero-order valence-electron chi connectivity index (χ0n) is 12.0. The van der Waals surface area contributed by atoms with Gasteiger partial charge in [-0.1, -0.05) is 34.1 Å². The van der Waals surface area contributed by atoms with Crippen molar-refractivity contribution in [2.45, 2.75) is 13.0 Å².